The minimum atomic E-state index is -0.169. The Hall–Kier alpha value is -1.92. The van der Waals surface area contributed by atoms with Crippen molar-refractivity contribution in [2.75, 3.05) is 5.32 Å². The van der Waals surface area contributed by atoms with Gasteiger partial charge >= 0.3 is 0 Å². The van der Waals surface area contributed by atoms with Gasteiger partial charge in [-0.2, -0.15) is 5.10 Å². The summed E-state index contributed by atoms with van der Waals surface area (Å²) in [6.07, 6.45) is 2.57. The second-order valence-electron chi connectivity index (χ2n) is 8.38. The largest absolute Gasteiger partial charge is 0.380 e. The van der Waals surface area contributed by atoms with Gasteiger partial charge in [0.15, 0.2) is 5.82 Å². The fraction of sp³-hybridized carbons (Fsp3) is 0.381. The summed E-state index contributed by atoms with van der Waals surface area (Å²) < 4.78 is 0.933. The molecular weight excluding hydrogens is 438 g/mol. The van der Waals surface area contributed by atoms with Crippen LogP contribution in [-0.2, 0) is 5.41 Å². The monoisotopic (exact) mass is 461 g/mol. The van der Waals surface area contributed by atoms with Gasteiger partial charge in [0.2, 0.25) is 0 Å². The van der Waals surface area contributed by atoms with Crippen LogP contribution < -0.4 is 5.32 Å². The molecule has 148 valence electrons. The number of rotatable bonds is 6. The van der Waals surface area contributed by atoms with Gasteiger partial charge in [-0.1, -0.05) is 37.6 Å². The van der Waals surface area contributed by atoms with E-state index in [1.807, 2.05) is 25.1 Å². The number of benzene rings is 1. The number of aromatic nitrogens is 4. The number of aromatic amines is 1. The molecule has 0 radical (unpaired) electrons. The smallest absolute Gasteiger partial charge is 0.181 e. The van der Waals surface area contributed by atoms with Gasteiger partial charge in [-0.05, 0) is 61.3 Å². The van der Waals surface area contributed by atoms with Crippen LogP contribution in [0.15, 0.2) is 41.0 Å². The van der Waals surface area contributed by atoms with E-state index >= 15 is 0 Å². The van der Waals surface area contributed by atoms with Crippen LogP contribution in [0.25, 0.3) is 11.4 Å². The quantitative estimate of drug-likeness (QED) is 0.461. The zero-order chi connectivity index (χ0) is 20.5. The predicted molar refractivity (Wildman–Crippen MR) is 119 cm³/mol. The lowest BCUT2D eigenvalue weighted by atomic mass is 9.77. The lowest BCUT2D eigenvalue weighted by molar-refractivity contribution is 0.364. The normalized spacial score (nSPS) is 12.2. The van der Waals surface area contributed by atoms with Crippen molar-refractivity contribution in [3.05, 3.63) is 57.5 Å². The fourth-order valence-electron chi connectivity index (χ4n) is 3.74. The second kappa shape index (κ2) is 7.84. The maximum atomic E-state index is 6.06. The van der Waals surface area contributed by atoms with Crippen LogP contribution in [0, 0.1) is 6.92 Å². The summed E-state index contributed by atoms with van der Waals surface area (Å²) in [5.74, 6) is 1.50. The van der Waals surface area contributed by atoms with Gasteiger partial charge in [0.1, 0.15) is 5.82 Å². The molecule has 0 aliphatic rings. The maximum absolute atomic E-state index is 6.06. The molecule has 2 N–H and O–H groups in total. The summed E-state index contributed by atoms with van der Waals surface area (Å²) in [6.45, 7) is 10.7. The Morgan fingerprint density at radius 3 is 2.57 bits per heavy atom. The highest BCUT2D eigenvalue weighted by atomic mass is 79.9. The Kier molecular flexibility index (Phi) is 5.82. The van der Waals surface area contributed by atoms with Crippen LogP contribution in [0.4, 0.5) is 5.69 Å². The third-order valence-electron chi connectivity index (χ3n) is 4.53. The average molecular weight is 463 g/mol. The van der Waals surface area contributed by atoms with Gasteiger partial charge in [0.05, 0.1) is 10.7 Å². The molecule has 5 nitrogen and oxygen atoms in total. The van der Waals surface area contributed by atoms with Gasteiger partial charge in [0, 0.05) is 32.9 Å². The van der Waals surface area contributed by atoms with E-state index < -0.39 is 0 Å². The molecule has 2 aromatic heterocycles. The third-order valence-corrected chi connectivity index (χ3v) is 5.34. The summed E-state index contributed by atoms with van der Waals surface area (Å²) in [5.41, 5.74) is 2.68. The molecule has 0 amide bonds. The van der Waals surface area contributed by atoms with Crippen LogP contribution in [0.3, 0.4) is 0 Å². The van der Waals surface area contributed by atoms with Crippen molar-refractivity contribution in [3.63, 3.8) is 0 Å². The van der Waals surface area contributed by atoms with E-state index in [4.69, 9.17) is 11.6 Å². The first-order valence-electron chi connectivity index (χ1n) is 9.15. The Morgan fingerprint density at radius 2 is 1.93 bits per heavy atom. The third kappa shape index (κ3) is 4.92. The number of hydrogen-bond acceptors (Lipinski definition) is 4. The first-order valence-corrected chi connectivity index (χ1v) is 10.3. The number of anilines is 1. The van der Waals surface area contributed by atoms with E-state index in [0.717, 1.165) is 33.7 Å². The highest BCUT2D eigenvalue weighted by Gasteiger charge is 2.33. The summed E-state index contributed by atoms with van der Waals surface area (Å²) in [4.78, 5) is 8.99. The van der Waals surface area contributed by atoms with E-state index in [9.17, 15) is 0 Å². The fourth-order valence-corrected chi connectivity index (χ4v) is 4.92. The minimum Gasteiger partial charge on any atom is -0.380 e. The molecular formula is C21H25BrClN5. The molecule has 0 atom stereocenters. The molecule has 0 fully saturated rings. The highest BCUT2D eigenvalue weighted by Crippen LogP contribution is 2.37. The van der Waals surface area contributed by atoms with Crippen molar-refractivity contribution in [3.8, 4) is 11.4 Å². The van der Waals surface area contributed by atoms with Crippen molar-refractivity contribution < 1.29 is 0 Å². The number of hydrogen-bond donors (Lipinski definition) is 2. The Bertz CT molecular complexity index is 980. The standard InChI is InChI=1S/C21H25BrClN5/c1-13-25-19(28-27-13)14-7-6-8-16(9-14)26-21(4,5)12-20(2,3)18-17(22)10-15(23)11-24-18/h6-11,26H,12H2,1-5H3,(H,25,27,28). The first-order chi connectivity index (χ1) is 13.1. The average Bonchev–Trinajstić information content (AvgIpc) is 2.99. The molecule has 0 saturated heterocycles. The van der Waals surface area contributed by atoms with Crippen LogP contribution >= 0.6 is 27.5 Å². The number of pyridine rings is 1. The number of nitrogens with zero attached hydrogens (tertiary/aromatic N) is 3. The molecule has 3 aromatic rings. The Balaban J connectivity index is 1.79. The molecule has 2 heterocycles. The molecule has 0 spiro atoms. The number of halogens is 2. The lowest BCUT2D eigenvalue weighted by Crippen LogP contribution is -2.38. The summed E-state index contributed by atoms with van der Waals surface area (Å²) in [7, 11) is 0. The van der Waals surface area contributed by atoms with E-state index in [2.05, 4.69) is 81.2 Å². The molecule has 1 aromatic carbocycles. The second-order valence-corrected chi connectivity index (χ2v) is 9.67. The van der Waals surface area contributed by atoms with Crippen LogP contribution in [0.5, 0.6) is 0 Å². The van der Waals surface area contributed by atoms with E-state index in [1.54, 1.807) is 6.20 Å². The van der Waals surface area contributed by atoms with Crippen LogP contribution in [0.1, 0.15) is 45.6 Å². The van der Waals surface area contributed by atoms with Gasteiger partial charge in [-0.25, -0.2) is 4.98 Å². The molecule has 28 heavy (non-hydrogen) atoms. The molecule has 0 bridgehead atoms. The molecule has 7 heteroatoms. The summed E-state index contributed by atoms with van der Waals surface area (Å²) >= 11 is 9.67. The van der Waals surface area contributed by atoms with Crippen molar-refractivity contribution in [2.45, 2.75) is 52.0 Å². The van der Waals surface area contributed by atoms with Crippen molar-refractivity contribution in [1.29, 1.82) is 0 Å². The van der Waals surface area contributed by atoms with Crippen LogP contribution in [0.2, 0.25) is 5.02 Å². The molecule has 0 unspecified atom stereocenters. The molecule has 0 aliphatic carbocycles. The number of H-pyrrole nitrogens is 1. The van der Waals surface area contributed by atoms with Gasteiger partial charge in [0.25, 0.3) is 0 Å². The van der Waals surface area contributed by atoms with E-state index in [1.165, 1.54) is 0 Å². The van der Waals surface area contributed by atoms with Gasteiger partial charge in [-0.15, -0.1) is 0 Å². The SMILES string of the molecule is Cc1nc(-c2cccc(NC(C)(C)CC(C)(C)c3ncc(Cl)cc3Br)c2)n[nH]1. The Morgan fingerprint density at radius 1 is 1.18 bits per heavy atom. The molecule has 3 rings (SSSR count). The zero-order valence-electron chi connectivity index (χ0n) is 16.8. The predicted octanol–water partition coefficient (Wildman–Crippen LogP) is 6.15. The molecule has 0 aliphatic heterocycles. The molecule has 0 saturated carbocycles. The van der Waals surface area contributed by atoms with Gasteiger partial charge in [-0.3, -0.25) is 10.1 Å². The minimum absolute atomic E-state index is 0.154. The zero-order valence-corrected chi connectivity index (χ0v) is 19.1. The summed E-state index contributed by atoms with van der Waals surface area (Å²) in [5, 5.41) is 11.4. The number of nitrogens with one attached hydrogen (secondary N) is 2. The van der Waals surface area contributed by atoms with Crippen molar-refractivity contribution >= 4 is 33.2 Å². The lowest BCUT2D eigenvalue weighted by Gasteiger charge is -2.36. The van der Waals surface area contributed by atoms with E-state index in [0.29, 0.717) is 10.8 Å². The highest BCUT2D eigenvalue weighted by molar-refractivity contribution is 9.10. The van der Waals surface area contributed by atoms with E-state index in [-0.39, 0.29) is 11.0 Å². The van der Waals surface area contributed by atoms with Crippen molar-refractivity contribution in [2.24, 2.45) is 0 Å². The van der Waals surface area contributed by atoms with Crippen LogP contribution in [-0.4, -0.2) is 25.7 Å². The first kappa shape index (κ1) is 20.8. The topological polar surface area (TPSA) is 66.5 Å². The summed E-state index contributed by atoms with van der Waals surface area (Å²) in [6, 6.07) is 10.1. The van der Waals surface area contributed by atoms with Crippen molar-refractivity contribution in [1.82, 2.24) is 20.2 Å². The maximum Gasteiger partial charge on any atom is 0.181 e. The Labute approximate surface area is 179 Å². The van der Waals surface area contributed by atoms with Gasteiger partial charge < -0.3 is 5.32 Å². The number of aryl methyl sites for hydroxylation is 1.